The van der Waals surface area contributed by atoms with Crippen LogP contribution in [0.4, 0.5) is 5.69 Å². The third-order valence-electron chi connectivity index (χ3n) is 5.14. The molecule has 1 atom stereocenters. The maximum atomic E-state index is 13.0. The lowest BCUT2D eigenvalue weighted by atomic mass is 9.86. The molecule has 0 saturated heterocycles. The second-order valence-electron chi connectivity index (χ2n) is 8.99. The van der Waals surface area contributed by atoms with Gasteiger partial charge in [-0.05, 0) is 29.0 Å². The van der Waals surface area contributed by atoms with E-state index in [2.05, 4.69) is 31.4 Å². The van der Waals surface area contributed by atoms with Gasteiger partial charge in [-0.15, -0.1) is 0 Å². The van der Waals surface area contributed by atoms with E-state index in [9.17, 15) is 9.59 Å². The molecule has 6 nitrogen and oxygen atoms in total. The standard InChI is InChI=1S/C24H29ClN2O4/c1-14(2)21(27-22(28)15-6-8-16(9-7-15)24(3,4)5)23(29)26-18-13-20-19(12-17(18)25)30-10-11-31-20/h6-9,12-14,21H,10-11H2,1-5H3,(H,26,29)(H,27,28). The van der Waals surface area contributed by atoms with E-state index in [1.165, 1.54) is 0 Å². The van der Waals surface area contributed by atoms with Gasteiger partial charge in [0.05, 0.1) is 10.7 Å². The lowest BCUT2D eigenvalue weighted by Crippen LogP contribution is -2.47. The first-order chi connectivity index (χ1) is 14.6. The smallest absolute Gasteiger partial charge is 0.251 e. The predicted octanol–water partition coefficient (Wildman–Crippen LogP) is 4.80. The second-order valence-corrected chi connectivity index (χ2v) is 9.39. The molecule has 1 aliphatic heterocycles. The fourth-order valence-electron chi connectivity index (χ4n) is 3.25. The van der Waals surface area contributed by atoms with Crippen LogP contribution in [-0.2, 0) is 10.2 Å². The van der Waals surface area contributed by atoms with Crippen molar-refractivity contribution in [1.29, 1.82) is 0 Å². The van der Waals surface area contributed by atoms with Crippen molar-refractivity contribution < 1.29 is 19.1 Å². The minimum Gasteiger partial charge on any atom is -0.486 e. The number of rotatable bonds is 5. The molecule has 3 rings (SSSR count). The summed E-state index contributed by atoms with van der Waals surface area (Å²) in [4.78, 5) is 25.8. The Bertz CT molecular complexity index is 965. The van der Waals surface area contributed by atoms with Gasteiger partial charge in [0.2, 0.25) is 5.91 Å². The number of benzene rings is 2. The van der Waals surface area contributed by atoms with Crippen LogP contribution in [0.2, 0.25) is 5.02 Å². The number of hydrogen-bond donors (Lipinski definition) is 2. The number of amides is 2. The Balaban J connectivity index is 1.73. The third-order valence-corrected chi connectivity index (χ3v) is 5.45. The molecule has 2 amide bonds. The molecule has 0 saturated carbocycles. The van der Waals surface area contributed by atoms with Crippen molar-refractivity contribution in [2.45, 2.75) is 46.1 Å². The molecule has 0 spiro atoms. The molecule has 2 aromatic rings. The molecule has 0 fully saturated rings. The minimum absolute atomic E-state index is 0.00173. The van der Waals surface area contributed by atoms with E-state index in [0.717, 1.165) is 5.56 Å². The van der Waals surface area contributed by atoms with Crippen LogP contribution < -0.4 is 20.1 Å². The Morgan fingerprint density at radius 2 is 1.58 bits per heavy atom. The highest BCUT2D eigenvalue weighted by Crippen LogP contribution is 2.38. The average Bonchev–Trinajstić information content (AvgIpc) is 2.71. The van der Waals surface area contributed by atoms with Crippen LogP contribution >= 0.6 is 11.6 Å². The SMILES string of the molecule is CC(C)C(NC(=O)c1ccc(C(C)(C)C)cc1)C(=O)Nc1cc2c(cc1Cl)OCCO2. The number of anilines is 1. The summed E-state index contributed by atoms with van der Waals surface area (Å²) in [5.74, 6) is 0.279. The molecule has 0 bridgehead atoms. The van der Waals surface area contributed by atoms with Gasteiger partial charge in [-0.2, -0.15) is 0 Å². The molecule has 0 aromatic heterocycles. The highest BCUT2D eigenvalue weighted by molar-refractivity contribution is 6.34. The van der Waals surface area contributed by atoms with Gasteiger partial charge < -0.3 is 20.1 Å². The first kappa shape index (κ1) is 22.9. The molecular weight excluding hydrogens is 416 g/mol. The Hall–Kier alpha value is -2.73. The van der Waals surface area contributed by atoms with E-state index in [-0.39, 0.29) is 23.1 Å². The van der Waals surface area contributed by atoms with Gasteiger partial charge >= 0.3 is 0 Å². The summed E-state index contributed by atoms with van der Waals surface area (Å²) >= 11 is 6.31. The van der Waals surface area contributed by atoms with Gasteiger partial charge in [-0.25, -0.2) is 0 Å². The van der Waals surface area contributed by atoms with Gasteiger partial charge in [-0.3, -0.25) is 9.59 Å². The van der Waals surface area contributed by atoms with Gasteiger partial charge in [-0.1, -0.05) is 58.4 Å². The lowest BCUT2D eigenvalue weighted by Gasteiger charge is -2.24. The summed E-state index contributed by atoms with van der Waals surface area (Å²) in [6.07, 6.45) is 0. The van der Waals surface area contributed by atoms with Crippen LogP contribution in [0, 0.1) is 5.92 Å². The van der Waals surface area contributed by atoms with Gasteiger partial charge in [0.1, 0.15) is 19.3 Å². The van der Waals surface area contributed by atoms with Crippen LogP contribution in [0.5, 0.6) is 11.5 Å². The number of halogens is 1. The van der Waals surface area contributed by atoms with Crippen molar-refractivity contribution >= 4 is 29.1 Å². The topological polar surface area (TPSA) is 76.7 Å². The Labute approximate surface area is 188 Å². The maximum absolute atomic E-state index is 13.0. The Morgan fingerprint density at radius 1 is 1.00 bits per heavy atom. The van der Waals surface area contributed by atoms with Crippen LogP contribution in [0.3, 0.4) is 0 Å². The number of hydrogen-bond acceptors (Lipinski definition) is 4. The van der Waals surface area contributed by atoms with Crippen molar-refractivity contribution in [1.82, 2.24) is 5.32 Å². The summed E-state index contributed by atoms with van der Waals surface area (Å²) < 4.78 is 11.1. The molecule has 166 valence electrons. The highest BCUT2D eigenvalue weighted by Gasteiger charge is 2.26. The average molecular weight is 445 g/mol. The first-order valence-corrected chi connectivity index (χ1v) is 10.8. The quantitative estimate of drug-likeness (QED) is 0.694. The van der Waals surface area contributed by atoms with Crippen molar-refractivity contribution in [3.8, 4) is 11.5 Å². The fraction of sp³-hybridized carbons (Fsp3) is 0.417. The van der Waals surface area contributed by atoms with E-state index in [1.54, 1.807) is 24.3 Å². The highest BCUT2D eigenvalue weighted by atomic mass is 35.5. The number of carbonyl (C=O) groups excluding carboxylic acids is 2. The Morgan fingerprint density at radius 3 is 2.13 bits per heavy atom. The maximum Gasteiger partial charge on any atom is 0.251 e. The second kappa shape index (κ2) is 9.18. The minimum atomic E-state index is -0.737. The summed E-state index contributed by atoms with van der Waals surface area (Å²) in [5.41, 5.74) is 2.04. The molecule has 31 heavy (non-hydrogen) atoms. The Kier molecular flexibility index (Phi) is 6.80. The largest absolute Gasteiger partial charge is 0.486 e. The molecular formula is C24H29ClN2O4. The first-order valence-electron chi connectivity index (χ1n) is 10.4. The molecule has 0 aliphatic carbocycles. The third kappa shape index (κ3) is 5.50. The fourth-order valence-corrected chi connectivity index (χ4v) is 3.45. The zero-order valence-corrected chi connectivity index (χ0v) is 19.3. The van der Waals surface area contributed by atoms with Gasteiger partial charge in [0, 0.05) is 17.7 Å². The molecule has 0 radical (unpaired) electrons. The zero-order chi connectivity index (χ0) is 22.8. The normalized spacial score (nSPS) is 14.2. The zero-order valence-electron chi connectivity index (χ0n) is 18.5. The molecule has 1 heterocycles. The van der Waals surface area contributed by atoms with Crippen LogP contribution in [-0.4, -0.2) is 31.1 Å². The van der Waals surface area contributed by atoms with Crippen LogP contribution in [0.25, 0.3) is 0 Å². The van der Waals surface area contributed by atoms with Crippen LogP contribution in [0.1, 0.15) is 50.5 Å². The molecule has 2 N–H and O–H groups in total. The summed E-state index contributed by atoms with van der Waals surface area (Å²) in [5, 5.41) is 5.99. The number of nitrogens with one attached hydrogen (secondary N) is 2. The van der Waals surface area contributed by atoms with Crippen molar-refractivity contribution in [3.63, 3.8) is 0 Å². The lowest BCUT2D eigenvalue weighted by molar-refractivity contribution is -0.118. The van der Waals surface area contributed by atoms with E-state index in [1.807, 2.05) is 26.0 Å². The number of ether oxygens (including phenoxy) is 2. The number of fused-ring (bicyclic) bond motifs is 1. The van der Waals surface area contributed by atoms with Gasteiger partial charge in [0.15, 0.2) is 11.5 Å². The van der Waals surface area contributed by atoms with Crippen molar-refractivity contribution in [3.05, 3.63) is 52.5 Å². The van der Waals surface area contributed by atoms with E-state index >= 15 is 0 Å². The summed E-state index contributed by atoms with van der Waals surface area (Å²) in [7, 11) is 0. The predicted molar refractivity (Wildman–Crippen MR) is 122 cm³/mol. The molecule has 2 aromatic carbocycles. The number of carbonyl (C=O) groups is 2. The molecule has 7 heteroatoms. The van der Waals surface area contributed by atoms with Crippen molar-refractivity contribution in [2.75, 3.05) is 18.5 Å². The monoisotopic (exact) mass is 444 g/mol. The van der Waals surface area contributed by atoms with Gasteiger partial charge in [0.25, 0.3) is 5.91 Å². The molecule has 1 unspecified atom stereocenters. The van der Waals surface area contributed by atoms with E-state index < -0.39 is 6.04 Å². The van der Waals surface area contributed by atoms with E-state index in [4.69, 9.17) is 21.1 Å². The van der Waals surface area contributed by atoms with E-state index in [0.29, 0.717) is 41.0 Å². The summed E-state index contributed by atoms with van der Waals surface area (Å²) in [6, 6.07) is 9.96. The molecule has 1 aliphatic rings. The summed E-state index contributed by atoms with van der Waals surface area (Å²) in [6.45, 7) is 11.0. The van der Waals surface area contributed by atoms with Crippen LogP contribution in [0.15, 0.2) is 36.4 Å². The van der Waals surface area contributed by atoms with Crippen molar-refractivity contribution in [2.24, 2.45) is 5.92 Å².